The van der Waals surface area contributed by atoms with Crippen LogP contribution in [0.5, 0.6) is 5.75 Å². The molecule has 0 radical (unpaired) electrons. The average Bonchev–Trinajstić information content (AvgIpc) is 2.80. The molecule has 0 saturated carbocycles. The molecule has 0 bridgehead atoms. The largest absolute Gasteiger partial charge is 0.495 e. The molecule has 3 rings (SSSR count). The number of thiocarbonyl (C=S) groups is 1. The van der Waals surface area contributed by atoms with Gasteiger partial charge in [0.05, 0.1) is 28.4 Å². The highest BCUT2D eigenvalue weighted by atomic mass is 35.5. The smallest absolute Gasteiger partial charge is 0.271 e. The van der Waals surface area contributed by atoms with E-state index in [1.807, 2.05) is 19.1 Å². The van der Waals surface area contributed by atoms with Crippen molar-refractivity contribution < 1.29 is 14.5 Å². The molecule has 0 aliphatic heterocycles. The Morgan fingerprint density at radius 3 is 2.45 bits per heavy atom. The number of carbonyl (C=O) groups excluding carboxylic acids is 1. The van der Waals surface area contributed by atoms with Gasteiger partial charge in [0.25, 0.3) is 11.6 Å². The first-order valence-corrected chi connectivity index (χ1v) is 10.6. The van der Waals surface area contributed by atoms with Crippen LogP contribution < -0.4 is 20.7 Å². The molecule has 3 N–H and O–H groups in total. The van der Waals surface area contributed by atoms with Gasteiger partial charge in [-0.05, 0) is 42.4 Å². The summed E-state index contributed by atoms with van der Waals surface area (Å²) in [6.07, 6.45) is 0. The molecule has 0 spiro atoms. The van der Waals surface area contributed by atoms with Crippen LogP contribution in [-0.4, -0.2) is 23.1 Å². The van der Waals surface area contributed by atoms with E-state index in [4.69, 9.17) is 28.6 Å². The molecule has 0 aliphatic carbocycles. The first-order chi connectivity index (χ1) is 15.8. The Bertz CT molecular complexity index is 1170. The van der Waals surface area contributed by atoms with Crippen molar-refractivity contribution in [3.8, 4) is 5.75 Å². The Kier molecular flexibility index (Phi) is 7.81. The number of amides is 1. The Hall–Kier alpha value is -3.69. The second-order valence-electron chi connectivity index (χ2n) is 7.00. The third-order valence-corrected chi connectivity index (χ3v) is 5.32. The number of hydrogen-bond acceptors (Lipinski definition) is 5. The van der Waals surface area contributed by atoms with Crippen LogP contribution in [-0.2, 0) is 4.79 Å². The highest BCUT2D eigenvalue weighted by molar-refractivity contribution is 7.80. The predicted octanol–water partition coefficient (Wildman–Crippen LogP) is 5.23. The Morgan fingerprint density at radius 2 is 1.82 bits per heavy atom. The minimum absolute atomic E-state index is 0.0775. The van der Waals surface area contributed by atoms with Crippen molar-refractivity contribution in [3.63, 3.8) is 0 Å². The number of nitrogens with zero attached hydrogens (tertiary/aromatic N) is 1. The number of anilines is 2. The van der Waals surface area contributed by atoms with Crippen molar-refractivity contribution in [2.24, 2.45) is 0 Å². The highest BCUT2D eigenvalue weighted by Crippen LogP contribution is 2.30. The van der Waals surface area contributed by atoms with Crippen LogP contribution in [0.1, 0.15) is 17.2 Å². The summed E-state index contributed by atoms with van der Waals surface area (Å²) in [5.41, 5.74) is 2.14. The van der Waals surface area contributed by atoms with Crippen LogP contribution in [0.3, 0.4) is 0 Å². The molecule has 10 heteroatoms. The van der Waals surface area contributed by atoms with Crippen molar-refractivity contribution in [2.45, 2.75) is 13.0 Å². The number of nitro groups is 1. The van der Waals surface area contributed by atoms with E-state index in [2.05, 4.69) is 16.0 Å². The fourth-order valence-electron chi connectivity index (χ4n) is 3.13. The van der Waals surface area contributed by atoms with Crippen LogP contribution in [0.25, 0.3) is 0 Å². The number of carbonyl (C=O) groups is 1. The van der Waals surface area contributed by atoms with Crippen LogP contribution in [0.4, 0.5) is 17.1 Å². The van der Waals surface area contributed by atoms with Crippen LogP contribution >= 0.6 is 23.8 Å². The molecule has 8 nitrogen and oxygen atoms in total. The monoisotopic (exact) mass is 484 g/mol. The zero-order chi connectivity index (χ0) is 24.0. The molecule has 0 aromatic heterocycles. The number of ether oxygens (including phenoxy) is 1. The molecular formula is C23H21ClN4O4S. The predicted molar refractivity (Wildman–Crippen MR) is 133 cm³/mol. The third-order valence-electron chi connectivity index (χ3n) is 4.78. The Labute approximate surface area is 201 Å². The maximum absolute atomic E-state index is 13.2. The maximum atomic E-state index is 13.2. The lowest BCUT2D eigenvalue weighted by molar-refractivity contribution is -0.384. The molecule has 3 aromatic rings. The summed E-state index contributed by atoms with van der Waals surface area (Å²) in [6, 6.07) is 17.6. The Balaban J connectivity index is 1.86. The summed E-state index contributed by atoms with van der Waals surface area (Å²) < 4.78 is 5.26. The van der Waals surface area contributed by atoms with Crippen molar-refractivity contribution in [1.29, 1.82) is 0 Å². The second kappa shape index (κ2) is 10.8. The lowest BCUT2D eigenvalue weighted by Crippen LogP contribution is -2.39. The van der Waals surface area contributed by atoms with E-state index < -0.39 is 11.0 Å². The van der Waals surface area contributed by atoms with E-state index in [-0.39, 0.29) is 16.7 Å². The van der Waals surface area contributed by atoms with Gasteiger partial charge in [0.2, 0.25) is 0 Å². The number of nitrogens with one attached hydrogen (secondary N) is 3. The molecule has 1 atom stereocenters. The number of rotatable bonds is 7. The van der Waals surface area contributed by atoms with Gasteiger partial charge in [-0.1, -0.05) is 54.1 Å². The van der Waals surface area contributed by atoms with Gasteiger partial charge in [-0.15, -0.1) is 0 Å². The topological polar surface area (TPSA) is 106 Å². The number of benzene rings is 3. The summed E-state index contributed by atoms with van der Waals surface area (Å²) in [5, 5.41) is 20.4. The molecule has 1 unspecified atom stereocenters. The van der Waals surface area contributed by atoms with Gasteiger partial charge in [0, 0.05) is 12.1 Å². The molecule has 0 saturated heterocycles. The molecular weight excluding hydrogens is 464 g/mol. The maximum Gasteiger partial charge on any atom is 0.271 e. The van der Waals surface area contributed by atoms with Crippen molar-refractivity contribution >= 4 is 51.9 Å². The van der Waals surface area contributed by atoms with Gasteiger partial charge >= 0.3 is 0 Å². The lowest BCUT2D eigenvalue weighted by atomic mass is 10.1. The lowest BCUT2D eigenvalue weighted by Gasteiger charge is -2.22. The van der Waals surface area contributed by atoms with Gasteiger partial charge in [-0.25, -0.2) is 0 Å². The second-order valence-corrected chi connectivity index (χ2v) is 7.82. The van der Waals surface area contributed by atoms with Gasteiger partial charge in [-0.3, -0.25) is 14.9 Å². The van der Waals surface area contributed by atoms with Gasteiger partial charge in [-0.2, -0.15) is 0 Å². The van der Waals surface area contributed by atoms with E-state index in [1.165, 1.54) is 25.3 Å². The van der Waals surface area contributed by atoms with Gasteiger partial charge in [0.1, 0.15) is 11.8 Å². The van der Waals surface area contributed by atoms with Crippen molar-refractivity contribution in [2.75, 3.05) is 17.7 Å². The zero-order valence-electron chi connectivity index (χ0n) is 17.8. The van der Waals surface area contributed by atoms with Crippen molar-refractivity contribution in [1.82, 2.24) is 5.32 Å². The first-order valence-electron chi connectivity index (χ1n) is 9.81. The molecule has 0 aliphatic rings. The fourth-order valence-corrected chi connectivity index (χ4v) is 3.62. The number of hydrogen-bond donors (Lipinski definition) is 3. The number of para-hydroxylation sites is 1. The van der Waals surface area contributed by atoms with Gasteiger partial charge in [0.15, 0.2) is 5.11 Å². The van der Waals surface area contributed by atoms with Gasteiger partial charge < -0.3 is 20.7 Å². The number of aryl methyl sites for hydroxylation is 1. The van der Waals surface area contributed by atoms with Crippen LogP contribution in [0.15, 0.2) is 66.7 Å². The minimum atomic E-state index is -0.869. The molecule has 33 heavy (non-hydrogen) atoms. The summed E-state index contributed by atoms with van der Waals surface area (Å²) in [4.78, 5) is 23.9. The number of nitro benzene ring substituents is 1. The molecule has 0 fully saturated rings. The first kappa shape index (κ1) is 24.0. The number of non-ortho nitro benzene ring substituents is 1. The van der Waals surface area contributed by atoms with E-state index in [1.54, 1.807) is 36.4 Å². The summed E-state index contributed by atoms with van der Waals surface area (Å²) in [6.45, 7) is 1.84. The third kappa shape index (κ3) is 5.97. The van der Waals surface area contributed by atoms with Crippen LogP contribution in [0.2, 0.25) is 5.02 Å². The Morgan fingerprint density at radius 1 is 1.09 bits per heavy atom. The van der Waals surface area contributed by atoms with E-state index >= 15 is 0 Å². The minimum Gasteiger partial charge on any atom is -0.495 e. The molecule has 1 amide bonds. The number of methoxy groups -OCH3 is 1. The molecule has 0 heterocycles. The molecule has 3 aromatic carbocycles. The molecule has 170 valence electrons. The van der Waals surface area contributed by atoms with Crippen molar-refractivity contribution in [3.05, 3.63) is 93.0 Å². The summed E-state index contributed by atoms with van der Waals surface area (Å²) in [7, 11) is 1.44. The summed E-state index contributed by atoms with van der Waals surface area (Å²) in [5.74, 6) is -0.0234. The normalized spacial score (nSPS) is 11.2. The summed E-state index contributed by atoms with van der Waals surface area (Å²) >= 11 is 11.7. The van der Waals surface area contributed by atoms with E-state index in [0.717, 1.165) is 5.56 Å². The fraction of sp³-hybridized carbons (Fsp3) is 0.130. The average molecular weight is 485 g/mol. The van der Waals surface area contributed by atoms with E-state index in [0.29, 0.717) is 27.7 Å². The standard InChI is InChI=1S/C23H21ClN4O4S/c1-14-7-6-10-17(24)20(14)26-22(29)21(15-8-4-3-5-9-15)27-23(33)25-18-13-16(28(30)31)11-12-19(18)32-2/h3-13,21H,1-2H3,(H,26,29)(H2,25,27,33). The van der Waals surface area contributed by atoms with E-state index in [9.17, 15) is 14.9 Å². The SMILES string of the molecule is COc1ccc([N+](=O)[O-])cc1NC(=S)NC(C(=O)Nc1c(C)cccc1Cl)c1ccccc1. The number of halogens is 1. The van der Waals surface area contributed by atoms with Crippen LogP contribution in [0, 0.1) is 17.0 Å². The quantitative estimate of drug-likeness (QED) is 0.239. The highest BCUT2D eigenvalue weighted by Gasteiger charge is 2.23. The zero-order valence-corrected chi connectivity index (χ0v) is 19.4.